The van der Waals surface area contributed by atoms with Crippen LogP contribution in [0.25, 0.3) is 10.8 Å². The van der Waals surface area contributed by atoms with Crippen molar-refractivity contribution >= 4 is 17.2 Å². The number of aryl methyl sites for hydroxylation is 2. The second-order valence-corrected chi connectivity index (χ2v) is 6.31. The van der Waals surface area contributed by atoms with Gasteiger partial charge < -0.3 is 9.73 Å². The SMILES string of the molecule is Cc1ccsc1-c1nc(CN2CCNC(=O)[C@@H]2C)c(C)o1. The van der Waals surface area contributed by atoms with Gasteiger partial charge in [0.05, 0.1) is 16.6 Å². The van der Waals surface area contributed by atoms with Crippen LogP contribution in [0.3, 0.4) is 0 Å². The summed E-state index contributed by atoms with van der Waals surface area (Å²) in [6, 6.07) is 1.94. The van der Waals surface area contributed by atoms with Crippen molar-refractivity contribution in [3.63, 3.8) is 0 Å². The highest BCUT2D eigenvalue weighted by molar-refractivity contribution is 7.13. The third-order valence-electron chi connectivity index (χ3n) is 3.93. The van der Waals surface area contributed by atoms with Crippen LogP contribution in [0, 0.1) is 13.8 Å². The number of nitrogens with one attached hydrogen (secondary N) is 1. The Labute approximate surface area is 128 Å². The first kappa shape index (κ1) is 14.3. The number of amides is 1. The summed E-state index contributed by atoms with van der Waals surface area (Å²) >= 11 is 1.64. The van der Waals surface area contributed by atoms with Gasteiger partial charge in [-0.15, -0.1) is 11.3 Å². The summed E-state index contributed by atoms with van der Waals surface area (Å²) in [5, 5.41) is 4.92. The highest BCUT2D eigenvalue weighted by Crippen LogP contribution is 2.30. The summed E-state index contributed by atoms with van der Waals surface area (Å²) < 4.78 is 5.82. The van der Waals surface area contributed by atoms with Crippen molar-refractivity contribution in [2.24, 2.45) is 0 Å². The fourth-order valence-electron chi connectivity index (χ4n) is 2.50. The molecule has 0 aliphatic carbocycles. The van der Waals surface area contributed by atoms with E-state index in [0.29, 0.717) is 19.0 Å². The van der Waals surface area contributed by atoms with Crippen LogP contribution in [-0.4, -0.2) is 34.9 Å². The van der Waals surface area contributed by atoms with Gasteiger partial charge in [0.25, 0.3) is 0 Å². The van der Waals surface area contributed by atoms with Gasteiger partial charge in [-0.05, 0) is 37.8 Å². The number of hydrogen-bond donors (Lipinski definition) is 1. The second-order valence-electron chi connectivity index (χ2n) is 5.39. The van der Waals surface area contributed by atoms with Crippen molar-refractivity contribution in [2.75, 3.05) is 13.1 Å². The summed E-state index contributed by atoms with van der Waals surface area (Å²) in [7, 11) is 0. The number of piperazine rings is 1. The Morgan fingerprint density at radius 1 is 1.52 bits per heavy atom. The Balaban J connectivity index is 1.82. The standard InChI is InChI=1S/C15H19N3O2S/c1-9-4-7-21-13(9)15-17-12(11(3)20-15)8-18-6-5-16-14(19)10(18)2/h4,7,10H,5-6,8H2,1-3H3,(H,16,19)/t10-/m0/s1. The Hall–Kier alpha value is -1.66. The van der Waals surface area contributed by atoms with Crippen LogP contribution in [0.5, 0.6) is 0 Å². The van der Waals surface area contributed by atoms with Crippen molar-refractivity contribution in [2.45, 2.75) is 33.4 Å². The van der Waals surface area contributed by atoms with Crippen molar-refractivity contribution in [1.82, 2.24) is 15.2 Å². The average molecular weight is 305 g/mol. The number of rotatable bonds is 3. The summed E-state index contributed by atoms with van der Waals surface area (Å²) in [5.74, 6) is 1.59. The molecule has 0 unspecified atom stereocenters. The maximum absolute atomic E-state index is 11.7. The molecular weight excluding hydrogens is 286 g/mol. The number of oxazole rings is 1. The van der Waals surface area contributed by atoms with E-state index in [2.05, 4.69) is 28.2 Å². The van der Waals surface area contributed by atoms with Crippen LogP contribution in [0.1, 0.15) is 23.9 Å². The fraction of sp³-hybridized carbons (Fsp3) is 0.467. The first-order valence-corrected chi connectivity index (χ1v) is 7.96. The molecular formula is C15H19N3O2S. The molecule has 0 aromatic carbocycles. The Morgan fingerprint density at radius 3 is 3.05 bits per heavy atom. The third kappa shape index (κ3) is 2.73. The molecule has 21 heavy (non-hydrogen) atoms. The molecule has 1 saturated heterocycles. The van der Waals surface area contributed by atoms with Crippen molar-refractivity contribution in [1.29, 1.82) is 0 Å². The second kappa shape index (κ2) is 5.61. The average Bonchev–Trinajstić information content (AvgIpc) is 3.02. The molecule has 2 aromatic heterocycles. The van der Waals surface area contributed by atoms with Crippen LogP contribution < -0.4 is 5.32 Å². The fourth-order valence-corrected chi connectivity index (χ4v) is 3.35. The predicted molar refractivity (Wildman–Crippen MR) is 82.2 cm³/mol. The Morgan fingerprint density at radius 2 is 2.33 bits per heavy atom. The van der Waals surface area contributed by atoms with E-state index in [9.17, 15) is 4.79 Å². The zero-order valence-electron chi connectivity index (χ0n) is 12.5. The molecule has 1 N–H and O–H groups in total. The quantitative estimate of drug-likeness (QED) is 0.945. The zero-order chi connectivity index (χ0) is 15.0. The minimum Gasteiger partial charge on any atom is -0.440 e. The molecule has 5 nitrogen and oxygen atoms in total. The number of aromatic nitrogens is 1. The van der Waals surface area contributed by atoms with Gasteiger partial charge in [-0.1, -0.05) is 0 Å². The lowest BCUT2D eigenvalue weighted by Gasteiger charge is -2.32. The number of thiophene rings is 1. The van der Waals surface area contributed by atoms with Crippen LogP contribution in [0.4, 0.5) is 0 Å². The van der Waals surface area contributed by atoms with Gasteiger partial charge in [0, 0.05) is 19.6 Å². The minimum atomic E-state index is -0.123. The molecule has 0 radical (unpaired) electrons. The molecule has 1 amide bonds. The molecule has 1 atom stereocenters. The highest BCUT2D eigenvalue weighted by Gasteiger charge is 2.27. The first-order chi connectivity index (χ1) is 10.1. The lowest BCUT2D eigenvalue weighted by molar-refractivity contribution is -0.128. The number of carbonyl (C=O) groups is 1. The number of hydrogen-bond acceptors (Lipinski definition) is 5. The molecule has 1 fully saturated rings. The van der Waals surface area contributed by atoms with Crippen LogP contribution >= 0.6 is 11.3 Å². The number of carbonyl (C=O) groups excluding carboxylic acids is 1. The first-order valence-electron chi connectivity index (χ1n) is 7.09. The summed E-state index contributed by atoms with van der Waals surface area (Å²) in [6.45, 7) is 8.09. The molecule has 0 bridgehead atoms. The van der Waals surface area contributed by atoms with E-state index in [-0.39, 0.29) is 11.9 Å². The molecule has 1 aliphatic rings. The molecule has 2 aromatic rings. The zero-order valence-corrected chi connectivity index (χ0v) is 13.3. The van der Waals surface area contributed by atoms with Crippen molar-refractivity contribution < 1.29 is 9.21 Å². The molecule has 1 aliphatic heterocycles. The molecule has 112 valence electrons. The van der Waals surface area contributed by atoms with Gasteiger partial charge in [-0.25, -0.2) is 4.98 Å². The number of nitrogens with zero attached hydrogens (tertiary/aromatic N) is 2. The van der Waals surface area contributed by atoms with Crippen LogP contribution in [-0.2, 0) is 11.3 Å². The van der Waals surface area contributed by atoms with E-state index in [1.165, 1.54) is 5.56 Å². The van der Waals surface area contributed by atoms with Gasteiger partial charge in [0.15, 0.2) is 0 Å². The molecule has 0 saturated carbocycles. The van der Waals surface area contributed by atoms with E-state index >= 15 is 0 Å². The topological polar surface area (TPSA) is 58.4 Å². The van der Waals surface area contributed by atoms with Crippen LogP contribution in [0.2, 0.25) is 0 Å². The highest BCUT2D eigenvalue weighted by atomic mass is 32.1. The smallest absolute Gasteiger partial charge is 0.237 e. The van der Waals surface area contributed by atoms with Crippen LogP contribution in [0.15, 0.2) is 15.9 Å². The van der Waals surface area contributed by atoms with Gasteiger partial charge in [0.2, 0.25) is 11.8 Å². The lowest BCUT2D eigenvalue weighted by Crippen LogP contribution is -2.53. The van der Waals surface area contributed by atoms with Crippen molar-refractivity contribution in [3.8, 4) is 10.8 Å². The Kier molecular flexibility index (Phi) is 3.82. The minimum absolute atomic E-state index is 0.0803. The predicted octanol–water partition coefficient (Wildman–Crippen LogP) is 2.34. The third-order valence-corrected chi connectivity index (χ3v) is 4.93. The van der Waals surface area contributed by atoms with E-state index < -0.39 is 0 Å². The largest absolute Gasteiger partial charge is 0.440 e. The van der Waals surface area contributed by atoms with Gasteiger partial charge in [0.1, 0.15) is 5.76 Å². The normalized spacial score (nSPS) is 19.8. The van der Waals surface area contributed by atoms with E-state index in [1.54, 1.807) is 11.3 Å². The maximum Gasteiger partial charge on any atom is 0.237 e. The molecule has 6 heteroatoms. The van der Waals surface area contributed by atoms with E-state index in [0.717, 1.165) is 22.9 Å². The lowest BCUT2D eigenvalue weighted by atomic mass is 10.2. The molecule has 0 spiro atoms. The van der Waals surface area contributed by atoms with Crippen molar-refractivity contribution in [3.05, 3.63) is 28.5 Å². The molecule has 3 heterocycles. The van der Waals surface area contributed by atoms with Gasteiger partial charge in [-0.3, -0.25) is 9.69 Å². The maximum atomic E-state index is 11.7. The van der Waals surface area contributed by atoms with E-state index in [4.69, 9.17) is 4.42 Å². The van der Waals surface area contributed by atoms with E-state index in [1.807, 2.05) is 19.2 Å². The summed E-state index contributed by atoms with van der Waals surface area (Å²) in [5.41, 5.74) is 2.10. The molecule has 3 rings (SSSR count). The summed E-state index contributed by atoms with van der Waals surface area (Å²) in [4.78, 5) is 19.6. The van der Waals surface area contributed by atoms with Gasteiger partial charge in [-0.2, -0.15) is 0 Å². The summed E-state index contributed by atoms with van der Waals surface area (Å²) in [6.07, 6.45) is 0. The Bertz CT molecular complexity index is 662. The van der Waals surface area contributed by atoms with Gasteiger partial charge >= 0.3 is 0 Å². The monoisotopic (exact) mass is 305 g/mol.